The molecule has 0 heterocycles. The summed E-state index contributed by atoms with van der Waals surface area (Å²) in [4.78, 5) is 2.25. The highest BCUT2D eigenvalue weighted by Gasteiger charge is 2.34. The van der Waals surface area contributed by atoms with Gasteiger partial charge in [0.1, 0.15) is 5.82 Å². The fraction of sp³-hybridized carbons (Fsp3) is 0.571. The maximum absolute atomic E-state index is 13.6. The highest BCUT2D eigenvalue weighted by atomic mass is 79.9. The van der Waals surface area contributed by atoms with Crippen molar-refractivity contribution >= 4 is 15.9 Å². The zero-order chi connectivity index (χ0) is 13.3. The molecule has 1 fully saturated rings. The number of halogens is 2. The van der Waals surface area contributed by atoms with Crippen LogP contribution >= 0.6 is 15.9 Å². The number of hydrogen-bond donors (Lipinski definition) is 1. The first kappa shape index (κ1) is 14.0. The third kappa shape index (κ3) is 3.11. The summed E-state index contributed by atoms with van der Waals surface area (Å²) in [5.74, 6) is 1.39. The predicted molar refractivity (Wildman–Crippen MR) is 75.8 cm³/mol. The molecule has 0 aliphatic heterocycles. The zero-order valence-electron chi connectivity index (χ0n) is 10.9. The molecule has 1 aromatic carbocycles. The van der Waals surface area contributed by atoms with E-state index in [4.69, 9.17) is 5.73 Å². The predicted octanol–water partition coefficient (Wildman–Crippen LogP) is 3.18. The van der Waals surface area contributed by atoms with Gasteiger partial charge < -0.3 is 5.73 Å². The van der Waals surface area contributed by atoms with Gasteiger partial charge >= 0.3 is 0 Å². The lowest BCUT2D eigenvalue weighted by atomic mass is 10.1. The normalized spacial score (nSPS) is 24.3. The summed E-state index contributed by atoms with van der Waals surface area (Å²) in [6, 6.07) is 5.37. The molecule has 0 amide bonds. The molecular weight excluding hydrogens is 295 g/mol. The van der Waals surface area contributed by atoms with Crippen LogP contribution in [0.4, 0.5) is 4.39 Å². The van der Waals surface area contributed by atoms with E-state index in [0.717, 1.165) is 23.9 Å². The molecule has 1 aliphatic rings. The maximum Gasteiger partial charge on any atom is 0.137 e. The summed E-state index contributed by atoms with van der Waals surface area (Å²) in [5, 5.41) is 0. The van der Waals surface area contributed by atoms with E-state index >= 15 is 0 Å². The molecular formula is C14H20BrFN2. The van der Waals surface area contributed by atoms with Gasteiger partial charge in [-0.15, -0.1) is 0 Å². The van der Waals surface area contributed by atoms with Crippen molar-refractivity contribution < 1.29 is 4.39 Å². The van der Waals surface area contributed by atoms with Crippen LogP contribution in [0, 0.1) is 17.7 Å². The molecule has 0 radical (unpaired) electrons. The van der Waals surface area contributed by atoms with E-state index in [1.807, 2.05) is 6.07 Å². The fourth-order valence-electron chi connectivity index (χ4n) is 2.44. The molecule has 3 atom stereocenters. The first-order chi connectivity index (χ1) is 8.52. The van der Waals surface area contributed by atoms with Crippen LogP contribution in [0.2, 0.25) is 0 Å². The van der Waals surface area contributed by atoms with Crippen LogP contribution in [0.5, 0.6) is 0 Å². The van der Waals surface area contributed by atoms with Crippen molar-refractivity contribution in [1.82, 2.24) is 4.90 Å². The van der Waals surface area contributed by atoms with Crippen molar-refractivity contribution in [3.63, 3.8) is 0 Å². The molecule has 0 bridgehead atoms. The lowest BCUT2D eigenvalue weighted by molar-refractivity contribution is 0.236. The molecule has 18 heavy (non-hydrogen) atoms. The first-order valence-corrected chi connectivity index (χ1v) is 7.17. The SMILES string of the molecule is CC1CC1CN(C)C(CN)c1ccc(Br)c(F)c1. The second-order valence-electron chi connectivity index (χ2n) is 5.34. The van der Waals surface area contributed by atoms with Gasteiger partial charge in [-0.2, -0.15) is 0 Å². The van der Waals surface area contributed by atoms with E-state index in [1.165, 1.54) is 6.42 Å². The second-order valence-corrected chi connectivity index (χ2v) is 6.19. The molecule has 0 saturated heterocycles. The molecule has 100 valence electrons. The molecule has 4 heteroatoms. The minimum Gasteiger partial charge on any atom is -0.329 e. The van der Waals surface area contributed by atoms with Crippen LogP contribution in [0.25, 0.3) is 0 Å². The Labute approximate surface area is 116 Å². The van der Waals surface area contributed by atoms with Crippen LogP contribution in [-0.4, -0.2) is 25.0 Å². The standard InChI is InChI=1S/C14H20BrFN2/c1-9-5-11(9)8-18(2)14(7-17)10-3-4-12(15)13(16)6-10/h3-4,6,9,11,14H,5,7-8,17H2,1-2H3. The Bertz CT molecular complexity index is 424. The number of nitrogens with zero attached hydrogens (tertiary/aromatic N) is 1. The number of rotatable bonds is 5. The van der Waals surface area contributed by atoms with Crippen LogP contribution in [0.15, 0.2) is 22.7 Å². The number of nitrogens with two attached hydrogens (primary N) is 1. The van der Waals surface area contributed by atoms with Crippen LogP contribution in [0.1, 0.15) is 24.9 Å². The lowest BCUT2D eigenvalue weighted by Gasteiger charge is -2.27. The molecule has 2 N–H and O–H groups in total. The molecule has 2 nitrogen and oxygen atoms in total. The van der Waals surface area contributed by atoms with Crippen molar-refractivity contribution in [2.24, 2.45) is 17.6 Å². The third-order valence-corrected chi connectivity index (χ3v) is 4.53. The van der Waals surface area contributed by atoms with E-state index in [1.54, 1.807) is 12.1 Å². The average molecular weight is 315 g/mol. The van der Waals surface area contributed by atoms with Gasteiger partial charge in [-0.1, -0.05) is 13.0 Å². The van der Waals surface area contributed by atoms with E-state index in [2.05, 4.69) is 34.8 Å². The number of benzene rings is 1. The fourth-order valence-corrected chi connectivity index (χ4v) is 2.69. The Balaban J connectivity index is 2.08. The van der Waals surface area contributed by atoms with E-state index in [-0.39, 0.29) is 11.9 Å². The topological polar surface area (TPSA) is 29.3 Å². The molecule has 1 aromatic rings. The van der Waals surface area contributed by atoms with Crippen LogP contribution in [-0.2, 0) is 0 Å². The van der Waals surface area contributed by atoms with Gasteiger partial charge in [-0.25, -0.2) is 4.39 Å². The summed E-state index contributed by atoms with van der Waals surface area (Å²) in [7, 11) is 2.07. The largest absolute Gasteiger partial charge is 0.329 e. The minimum absolute atomic E-state index is 0.0976. The van der Waals surface area contributed by atoms with E-state index < -0.39 is 0 Å². The van der Waals surface area contributed by atoms with E-state index in [9.17, 15) is 4.39 Å². The highest BCUT2D eigenvalue weighted by Crippen LogP contribution is 2.39. The van der Waals surface area contributed by atoms with E-state index in [0.29, 0.717) is 11.0 Å². The smallest absolute Gasteiger partial charge is 0.137 e. The van der Waals surface area contributed by atoms with Gasteiger partial charge in [0.05, 0.1) is 4.47 Å². The Morgan fingerprint density at radius 2 is 2.22 bits per heavy atom. The summed E-state index contributed by atoms with van der Waals surface area (Å²) in [5.41, 5.74) is 6.80. The summed E-state index contributed by atoms with van der Waals surface area (Å²) >= 11 is 3.18. The number of hydrogen-bond acceptors (Lipinski definition) is 2. The van der Waals surface area contributed by atoms with Gasteiger partial charge in [-0.3, -0.25) is 4.90 Å². The highest BCUT2D eigenvalue weighted by molar-refractivity contribution is 9.10. The van der Waals surface area contributed by atoms with Crippen molar-refractivity contribution in [3.8, 4) is 0 Å². The third-order valence-electron chi connectivity index (χ3n) is 3.88. The van der Waals surface area contributed by atoms with Gasteiger partial charge in [-0.05, 0) is 58.9 Å². The van der Waals surface area contributed by atoms with Crippen molar-refractivity contribution in [2.45, 2.75) is 19.4 Å². The lowest BCUT2D eigenvalue weighted by Crippen LogP contribution is -2.32. The summed E-state index contributed by atoms with van der Waals surface area (Å²) in [6.07, 6.45) is 1.30. The maximum atomic E-state index is 13.6. The first-order valence-electron chi connectivity index (χ1n) is 6.38. The second kappa shape index (κ2) is 5.68. The van der Waals surface area contributed by atoms with Crippen molar-refractivity contribution in [1.29, 1.82) is 0 Å². The summed E-state index contributed by atoms with van der Waals surface area (Å²) < 4.78 is 14.1. The average Bonchev–Trinajstić information content (AvgIpc) is 3.00. The van der Waals surface area contributed by atoms with Gasteiger partial charge in [0.25, 0.3) is 0 Å². The van der Waals surface area contributed by atoms with Gasteiger partial charge in [0.15, 0.2) is 0 Å². The monoisotopic (exact) mass is 314 g/mol. The number of likely N-dealkylation sites (N-methyl/N-ethyl adjacent to an activating group) is 1. The Morgan fingerprint density at radius 1 is 1.56 bits per heavy atom. The quantitative estimate of drug-likeness (QED) is 0.904. The molecule has 2 rings (SSSR count). The van der Waals surface area contributed by atoms with Crippen molar-refractivity contribution in [2.75, 3.05) is 20.1 Å². The molecule has 1 saturated carbocycles. The van der Waals surface area contributed by atoms with Crippen LogP contribution in [0.3, 0.4) is 0 Å². The summed E-state index contributed by atoms with van der Waals surface area (Å²) in [6.45, 7) is 3.83. The van der Waals surface area contributed by atoms with Crippen molar-refractivity contribution in [3.05, 3.63) is 34.1 Å². The zero-order valence-corrected chi connectivity index (χ0v) is 12.5. The minimum atomic E-state index is -0.223. The van der Waals surface area contributed by atoms with Gasteiger partial charge in [0, 0.05) is 19.1 Å². The van der Waals surface area contributed by atoms with Crippen LogP contribution < -0.4 is 5.73 Å². The van der Waals surface area contributed by atoms with Gasteiger partial charge in [0.2, 0.25) is 0 Å². The Kier molecular flexibility index (Phi) is 4.41. The Morgan fingerprint density at radius 3 is 2.72 bits per heavy atom. The molecule has 3 unspecified atom stereocenters. The molecule has 0 aromatic heterocycles. The molecule has 0 spiro atoms. The Hall–Kier alpha value is -0.450. The molecule has 1 aliphatic carbocycles.